The standard InChI is InChI=1S/C14H19NO6S/c1-9(13(16)17)7-14(2,3)15-22(18,19)10-4-5-11-12(6-10)21-8-20-11/h4-6,9,15H,7-8H2,1-3H3,(H,16,17). The highest BCUT2D eigenvalue weighted by molar-refractivity contribution is 7.89. The van der Waals surface area contributed by atoms with Crippen LogP contribution in [0, 0.1) is 5.92 Å². The van der Waals surface area contributed by atoms with E-state index in [-0.39, 0.29) is 18.1 Å². The normalized spacial score (nSPS) is 15.6. The van der Waals surface area contributed by atoms with Crippen LogP contribution in [0.5, 0.6) is 11.5 Å². The summed E-state index contributed by atoms with van der Waals surface area (Å²) < 4.78 is 37.7. The number of carboxylic acids is 1. The average molecular weight is 329 g/mol. The predicted molar refractivity (Wildman–Crippen MR) is 78.4 cm³/mol. The zero-order chi connectivity index (χ0) is 16.5. The van der Waals surface area contributed by atoms with Crippen molar-refractivity contribution >= 4 is 16.0 Å². The maximum atomic E-state index is 12.4. The Morgan fingerprint density at radius 1 is 1.36 bits per heavy atom. The molecule has 2 N–H and O–H groups in total. The highest BCUT2D eigenvalue weighted by atomic mass is 32.2. The molecule has 7 nitrogen and oxygen atoms in total. The van der Waals surface area contributed by atoms with E-state index in [9.17, 15) is 13.2 Å². The first-order chi connectivity index (χ1) is 10.1. The van der Waals surface area contributed by atoms with Crippen molar-refractivity contribution in [2.75, 3.05) is 6.79 Å². The summed E-state index contributed by atoms with van der Waals surface area (Å²) in [6, 6.07) is 4.34. The maximum absolute atomic E-state index is 12.4. The van der Waals surface area contributed by atoms with E-state index in [0.717, 1.165) is 0 Å². The van der Waals surface area contributed by atoms with Gasteiger partial charge >= 0.3 is 5.97 Å². The molecule has 0 amide bonds. The van der Waals surface area contributed by atoms with Crippen LogP contribution in [0.1, 0.15) is 27.2 Å². The van der Waals surface area contributed by atoms with Crippen LogP contribution >= 0.6 is 0 Å². The number of hydrogen-bond acceptors (Lipinski definition) is 5. The van der Waals surface area contributed by atoms with Crippen molar-refractivity contribution in [1.29, 1.82) is 0 Å². The molecule has 0 saturated heterocycles. The van der Waals surface area contributed by atoms with Gasteiger partial charge in [0, 0.05) is 11.6 Å². The minimum atomic E-state index is -3.79. The molecule has 0 saturated carbocycles. The smallest absolute Gasteiger partial charge is 0.306 e. The predicted octanol–water partition coefficient (Wildman–Crippen LogP) is 1.58. The summed E-state index contributed by atoms with van der Waals surface area (Å²) in [4.78, 5) is 11.0. The molecule has 8 heteroatoms. The van der Waals surface area contributed by atoms with Gasteiger partial charge in [0.15, 0.2) is 11.5 Å². The number of fused-ring (bicyclic) bond motifs is 1. The van der Waals surface area contributed by atoms with E-state index in [2.05, 4.69) is 4.72 Å². The minimum Gasteiger partial charge on any atom is -0.481 e. The van der Waals surface area contributed by atoms with E-state index in [1.807, 2.05) is 0 Å². The van der Waals surface area contributed by atoms with Crippen LogP contribution in [-0.4, -0.2) is 31.8 Å². The molecule has 22 heavy (non-hydrogen) atoms. The summed E-state index contributed by atoms with van der Waals surface area (Å²) in [5.41, 5.74) is -0.896. The lowest BCUT2D eigenvalue weighted by molar-refractivity contribution is -0.141. The quantitative estimate of drug-likeness (QED) is 0.821. The van der Waals surface area contributed by atoms with Crippen molar-refractivity contribution in [2.45, 2.75) is 37.6 Å². The molecule has 0 fully saturated rings. The van der Waals surface area contributed by atoms with Crippen molar-refractivity contribution in [3.8, 4) is 11.5 Å². The topological polar surface area (TPSA) is 102 Å². The third kappa shape index (κ3) is 3.69. The first-order valence-electron chi connectivity index (χ1n) is 6.77. The van der Waals surface area contributed by atoms with Gasteiger partial charge in [-0.1, -0.05) is 6.92 Å². The van der Waals surface area contributed by atoms with Crippen LogP contribution in [0.3, 0.4) is 0 Å². The number of ether oxygens (including phenoxy) is 2. The van der Waals surface area contributed by atoms with Crippen molar-refractivity contribution in [3.63, 3.8) is 0 Å². The molecular formula is C14H19NO6S. The molecule has 0 aliphatic carbocycles. The van der Waals surface area contributed by atoms with Crippen molar-refractivity contribution < 1.29 is 27.8 Å². The zero-order valence-electron chi connectivity index (χ0n) is 12.6. The molecule has 2 rings (SSSR count). The monoisotopic (exact) mass is 329 g/mol. The number of rotatable bonds is 6. The van der Waals surface area contributed by atoms with E-state index >= 15 is 0 Å². The first kappa shape index (κ1) is 16.6. The molecule has 1 aliphatic rings. The average Bonchev–Trinajstić information content (AvgIpc) is 2.83. The van der Waals surface area contributed by atoms with Crippen LogP contribution in [-0.2, 0) is 14.8 Å². The molecule has 1 atom stereocenters. The first-order valence-corrected chi connectivity index (χ1v) is 8.25. The number of aliphatic carboxylic acids is 1. The van der Waals surface area contributed by atoms with E-state index < -0.39 is 27.4 Å². The summed E-state index contributed by atoms with van der Waals surface area (Å²) in [6.07, 6.45) is 0.173. The lowest BCUT2D eigenvalue weighted by Crippen LogP contribution is -2.45. The highest BCUT2D eigenvalue weighted by Gasteiger charge is 2.30. The van der Waals surface area contributed by atoms with Crippen LogP contribution < -0.4 is 14.2 Å². The minimum absolute atomic E-state index is 0.0489. The van der Waals surface area contributed by atoms with Crippen LogP contribution in [0.4, 0.5) is 0 Å². The number of benzene rings is 1. The second-order valence-electron chi connectivity index (χ2n) is 5.95. The van der Waals surface area contributed by atoms with Gasteiger partial charge in [0.2, 0.25) is 16.8 Å². The van der Waals surface area contributed by atoms with E-state index in [1.54, 1.807) is 20.8 Å². The maximum Gasteiger partial charge on any atom is 0.306 e. The van der Waals surface area contributed by atoms with Crippen molar-refractivity contribution in [1.82, 2.24) is 4.72 Å². The highest BCUT2D eigenvalue weighted by Crippen LogP contribution is 2.34. The fourth-order valence-electron chi connectivity index (χ4n) is 2.36. The Labute approximate surface area is 129 Å². The molecule has 1 aromatic carbocycles. The molecule has 0 spiro atoms. The number of hydrogen-bond donors (Lipinski definition) is 2. The molecule has 1 aromatic rings. The van der Waals surface area contributed by atoms with Gasteiger partial charge in [-0.3, -0.25) is 4.79 Å². The lowest BCUT2D eigenvalue weighted by atomic mass is 9.93. The van der Waals surface area contributed by atoms with E-state index in [1.165, 1.54) is 18.2 Å². The fourth-order valence-corrected chi connectivity index (χ4v) is 3.80. The Bertz CT molecular complexity index is 683. The Hall–Kier alpha value is -1.80. The molecule has 0 radical (unpaired) electrons. The second kappa shape index (κ2) is 5.77. The third-order valence-electron chi connectivity index (χ3n) is 3.30. The van der Waals surface area contributed by atoms with Gasteiger partial charge < -0.3 is 14.6 Å². The Morgan fingerprint density at radius 3 is 2.64 bits per heavy atom. The SMILES string of the molecule is CC(CC(C)(C)NS(=O)(=O)c1ccc2c(c1)OCO2)C(=O)O. The second-order valence-corrected chi connectivity index (χ2v) is 7.63. The van der Waals surface area contributed by atoms with Gasteiger partial charge in [-0.05, 0) is 32.4 Å². The van der Waals surface area contributed by atoms with Crippen molar-refractivity contribution in [2.24, 2.45) is 5.92 Å². The van der Waals surface area contributed by atoms with Crippen LogP contribution in [0.25, 0.3) is 0 Å². The molecule has 1 heterocycles. The molecule has 0 aromatic heterocycles. The van der Waals surface area contributed by atoms with Gasteiger partial charge in [0.25, 0.3) is 0 Å². The van der Waals surface area contributed by atoms with Crippen LogP contribution in [0.15, 0.2) is 23.1 Å². The van der Waals surface area contributed by atoms with Gasteiger partial charge in [-0.15, -0.1) is 0 Å². The van der Waals surface area contributed by atoms with Gasteiger partial charge in [0.05, 0.1) is 10.8 Å². The number of carboxylic acid groups (broad SMARTS) is 1. The number of carbonyl (C=O) groups is 1. The summed E-state index contributed by atoms with van der Waals surface area (Å²) in [5, 5.41) is 8.96. The number of nitrogens with one attached hydrogen (secondary N) is 1. The van der Waals surface area contributed by atoms with E-state index in [4.69, 9.17) is 14.6 Å². The van der Waals surface area contributed by atoms with Gasteiger partial charge in [0.1, 0.15) is 0 Å². The molecule has 122 valence electrons. The zero-order valence-corrected chi connectivity index (χ0v) is 13.4. The summed E-state index contributed by atoms with van der Waals surface area (Å²) in [7, 11) is -3.79. The molecule has 0 bridgehead atoms. The Balaban J connectivity index is 2.18. The molecular weight excluding hydrogens is 310 g/mol. The van der Waals surface area contributed by atoms with Gasteiger partial charge in [-0.25, -0.2) is 13.1 Å². The summed E-state index contributed by atoms with van der Waals surface area (Å²) in [6.45, 7) is 4.90. The van der Waals surface area contributed by atoms with Gasteiger partial charge in [-0.2, -0.15) is 0 Å². The summed E-state index contributed by atoms with van der Waals surface area (Å²) >= 11 is 0. The Morgan fingerprint density at radius 2 is 2.00 bits per heavy atom. The molecule has 1 unspecified atom stereocenters. The third-order valence-corrected chi connectivity index (χ3v) is 5.00. The Kier molecular flexibility index (Phi) is 4.35. The number of sulfonamides is 1. The molecule has 1 aliphatic heterocycles. The summed E-state index contributed by atoms with van der Waals surface area (Å²) in [5.74, 6) is -0.748. The lowest BCUT2D eigenvalue weighted by Gasteiger charge is -2.27. The van der Waals surface area contributed by atoms with E-state index in [0.29, 0.717) is 11.5 Å². The van der Waals surface area contributed by atoms with Crippen molar-refractivity contribution in [3.05, 3.63) is 18.2 Å². The van der Waals surface area contributed by atoms with Crippen LogP contribution in [0.2, 0.25) is 0 Å². The largest absolute Gasteiger partial charge is 0.481 e. The fraction of sp³-hybridized carbons (Fsp3) is 0.500.